The van der Waals surface area contributed by atoms with Crippen LogP contribution in [0, 0.1) is 6.92 Å². The Balaban J connectivity index is 0.00000162. The highest BCUT2D eigenvalue weighted by Gasteiger charge is 2.23. The van der Waals surface area contributed by atoms with Gasteiger partial charge in [0.1, 0.15) is 11.5 Å². The van der Waals surface area contributed by atoms with Crippen molar-refractivity contribution in [3.8, 4) is 11.5 Å². The van der Waals surface area contributed by atoms with Crippen LogP contribution in [0.4, 0.5) is 0 Å². The van der Waals surface area contributed by atoms with Gasteiger partial charge < -0.3 is 19.5 Å². The smallest absolute Gasteiger partial charge is 0.127 e. The number of benzene rings is 1. The number of aryl methyl sites for hydroxylation is 1. The first-order valence-electron chi connectivity index (χ1n) is 5.80. The molecule has 18 heavy (non-hydrogen) atoms. The monoisotopic (exact) mass is 273 g/mol. The Morgan fingerprint density at radius 1 is 1.22 bits per heavy atom. The van der Waals surface area contributed by atoms with Gasteiger partial charge in [-0.25, -0.2) is 0 Å². The van der Waals surface area contributed by atoms with Crippen LogP contribution in [0.25, 0.3) is 0 Å². The van der Waals surface area contributed by atoms with Gasteiger partial charge in [0.05, 0.1) is 39.0 Å². The van der Waals surface area contributed by atoms with Crippen LogP contribution < -0.4 is 14.8 Å². The zero-order valence-electron chi connectivity index (χ0n) is 11.0. The topological polar surface area (TPSA) is 39.7 Å². The van der Waals surface area contributed by atoms with Crippen LogP contribution in [-0.4, -0.2) is 34.0 Å². The summed E-state index contributed by atoms with van der Waals surface area (Å²) < 4.78 is 16.4. The van der Waals surface area contributed by atoms with Gasteiger partial charge in [-0.15, -0.1) is 12.4 Å². The fourth-order valence-corrected chi connectivity index (χ4v) is 2.16. The Morgan fingerprint density at radius 3 is 2.28 bits per heavy atom. The van der Waals surface area contributed by atoms with Crippen molar-refractivity contribution in [3.05, 3.63) is 23.3 Å². The summed E-state index contributed by atoms with van der Waals surface area (Å²) in [7, 11) is 3.36. The van der Waals surface area contributed by atoms with E-state index in [9.17, 15) is 0 Å². The predicted molar refractivity (Wildman–Crippen MR) is 73.1 cm³/mol. The highest BCUT2D eigenvalue weighted by molar-refractivity contribution is 5.85. The molecule has 0 unspecified atom stereocenters. The van der Waals surface area contributed by atoms with Gasteiger partial charge in [-0.05, 0) is 24.6 Å². The fraction of sp³-hybridized carbons (Fsp3) is 0.538. The van der Waals surface area contributed by atoms with Crippen LogP contribution in [0.1, 0.15) is 17.2 Å². The molecule has 0 aromatic heterocycles. The lowest BCUT2D eigenvalue weighted by molar-refractivity contribution is 0.0752. The SMILES string of the molecule is COc1cc(C)cc(OC)c1[C@H]1COCCN1.Cl. The van der Waals surface area contributed by atoms with E-state index in [4.69, 9.17) is 14.2 Å². The number of methoxy groups -OCH3 is 2. The largest absolute Gasteiger partial charge is 0.496 e. The van der Waals surface area contributed by atoms with Gasteiger partial charge >= 0.3 is 0 Å². The summed E-state index contributed by atoms with van der Waals surface area (Å²) in [5, 5.41) is 3.42. The normalized spacial score (nSPS) is 18.9. The van der Waals surface area contributed by atoms with E-state index >= 15 is 0 Å². The molecule has 0 saturated carbocycles. The number of ether oxygens (including phenoxy) is 3. The molecule has 5 heteroatoms. The molecule has 102 valence electrons. The number of nitrogens with one attached hydrogen (secondary N) is 1. The molecule has 0 radical (unpaired) electrons. The average molecular weight is 274 g/mol. The lowest BCUT2D eigenvalue weighted by Crippen LogP contribution is -2.35. The highest BCUT2D eigenvalue weighted by Crippen LogP contribution is 2.36. The summed E-state index contributed by atoms with van der Waals surface area (Å²) in [6.07, 6.45) is 0. The molecule has 0 aliphatic carbocycles. The van der Waals surface area contributed by atoms with E-state index in [1.165, 1.54) is 0 Å². The molecule has 1 aromatic rings. The van der Waals surface area contributed by atoms with E-state index < -0.39 is 0 Å². The van der Waals surface area contributed by atoms with Crippen LogP contribution in [-0.2, 0) is 4.74 Å². The van der Waals surface area contributed by atoms with Crippen LogP contribution in [0.15, 0.2) is 12.1 Å². The van der Waals surface area contributed by atoms with Crippen LogP contribution in [0.3, 0.4) is 0 Å². The van der Waals surface area contributed by atoms with Gasteiger partial charge in [0.25, 0.3) is 0 Å². The maximum absolute atomic E-state index is 5.49. The van der Waals surface area contributed by atoms with E-state index in [0.717, 1.165) is 35.8 Å². The minimum Gasteiger partial charge on any atom is -0.496 e. The maximum Gasteiger partial charge on any atom is 0.127 e. The zero-order chi connectivity index (χ0) is 12.3. The summed E-state index contributed by atoms with van der Waals surface area (Å²) in [5.41, 5.74) is 2.17. The molecule has 4 nitrogen and oxygen atoms in total. The molecule has 0 amide bonds. The van der Waals surface area contributed by atoms with Crippen molar-refractivity contribution in [2.24, 2.45) is 0 Å². The van der Waals surface area contributed by atoms with Crippen molar-refractivity contribution < 1.29 is 14.2 Å². The minimum atomic E-state index is 0. The lowest BCUT2D eigenvalue weighted by Gasteiger charge is -2.27. The summed E-state index contributed by atoms with van der Waals surface area (Å²) in [6, 6.07) is 4.18. The molecular formula is C13H20ClNO3. The molecule has 1 fully saturated rings. The van der Waals surface area contributed by atoms with E-state index in [-0.39, 0.29) is 18.4 Å². The van der Waals surface area contributed by atoms with Crippen molar-refractivity contribution >= 4 is 12.4 Å². The second-order valence-electron chi connectivity index (χ2n) is 4.16. The Labute approximate surface area is 114 Å². The van der Waals surface area contributed by atoms with E-state index in [1.54, 1.807) is 14.2 Å². The van der Waals surface area contributed by atoms with Crippen LogP contribution in [0.2, 0.25) is 0 Å². The number of hydrogen-bond acceptors (Lipinski definition) is 4. The fourth-order valence-electron chi connectivity index (χ4n) is 2.16. The van der Waals surface area contributed by atoms with Crippen molar-refractivity contribution in [3.63, 3.8) is 0 Å². The number of morpholine rings is 1. The second kappa shape index (κ2) is 6.83. The lowest BCUT2D eigenvalue weighted by atomic mass is 10.0. The van der Waals surface area contributed by atoms with Gasteiger partial charge in [0, 0.05) is 6.54 Å². The third-order valence-electron chi connectivity index (χ3n) is 2.96. The van der Waals surface area contributed by atoms with E-state index in [2.05, 4.69) is 5.32 Å². The molecule has 0 bridgehead atoms. The molecule has 0 spiro atoms. The first-order chi connectivity index (χ1) is 8.26. The molecule has 1 aliphatic heterocycles. The molecule has 1 saturated heterocycles. The average Bonchev–Trinajstić information content (AvgIpc) is 2.38. The van der Waals surface area contributed by atoms with Gasteiger partial charge in [-0.2, -0.15) is 0 Å². The molecule has 2 rings (SSSR count). The number of halogens is 1. The maximum atomic E-state index is 5.49. The van der Waals surface area contributed by atoms with Crippen molar-refractivity contribution in [1.29, 1.82) is 0 Å². The second-order valence-corrected chi connectivity index (χ2v) is 4.16. The van der Waals surface area contributed by atoms with Crippen molar-refractivity contribution in [2.75, 3.05) is 34.0 Å². The van der Waals surface area contributed by atoms with Crippen molar-refractivity contribution in [2.45, 2.75) is 13.0 Å². The van der Waals surface area contributed by atoms with Crippen molar-refractivity contribution in [1.82, 2.24) is 5.32 Å². The van der Waals surface area contributed by atoms with Gasteiger partial charge in [-0.1, -0.05) is 0 Å². The summed E-state index contributed by atoms with van der Waals surface area (Å²) in [5.74, 6) is 1.70. The van der Waals surface area contributed by atoms with Gasteiger partial charge in [-0.3, -0.25) is 0 Å². The van der Waals surface area contributed by atoms with Crippen LogP contribution >= 0.6 is 12.4 Å². The molecule has 1 aromatic carbocycles. The minimum absolute atomic E-state index is 0. The molecule has 1 heterocycles. The Kier molecular flexibility index (Phi) is 5.72. The van der Waals surface area contributed by atoms with Gasteiger partial charge in [0.2, 0.25) is 0 Å². The highest BCUT2D eigenvalue weighted by atomic mass is 35.5. The first-order valence-corrected chi connectivity index (χ1v) is 5.80. The summed E-state index contributed by atoms with van der Waals surface area (Å²) in [6.45, 7) is 4.28. The third kappa shape index (κ3) is 3.07. The molecule has 1 N–H and O–H groups in total. The predicted octanol–water partition coefficient (Wildman–Crippen LogP) is 2.09. The van der Waals surface area contributed by atoms with E-state index in [1.807, 2.05) is 19.1 Å². The van der Waals surface area contributed by atoms with Crippen LogP contribution in [0.5, 0.6) is 11.5 Å². The molecule has 1 atom stereocenters. The Bertz CT molecular complexity index is 367. The molecule has 1 aliphatic rings. The van der Waals surface area contributed by atoms with Gasteiger partial charge in [0.15, 0.2) is 0 Å². The first kappa shape index (κ1) is 15.1. The summed E-state index contributed by atoms with van der Waals surface area (Å²) >= 11 is 0. The Hall–Kier alpha value is -0.970. The summed E-state index contributed by atoms with van der Waals surface area (Å²) in [4.78, 5) is 0. The third-order valence-corrected chi connectivity index (χ3v) is 2.96. The zero-order valence-corrected chi connectivity index (χ0v) is 11.8. The molecular weight excluding hydrogens is 254 g/mol. The number of rotatable bonds is 3. The number of hydrogen-bond donors (Lipinski definition) is 1. The Morgan fingerprint density at radius 2 is 1.83 bits per heavy atom. The quantitative estimate of drug-likeness (QED) is 0.916. The van der Waals surface area contributed by atoms with E-state index in [0.29, 0.717) is 6.61 Å². The standard InChI is InChI=1S/C13H19NO3.ClH/c1-9-6-11(15-2)13(12(7-9)16-3)10-8-17-5-4-14-10;/h6-7,10,14H,4-5,8H2,1-3H3;1H/t10-;/m1./s1.